The molecule has 76 valence electrons. The fourth-order valence-electron chi connectivity index (χ4n) is 0.919. The van der Waals surface area contributed by atoms with Crippen molar-refractivity contribution in [2.24, 2.45) is 11.7 Å². The van der Waals surface area contributed by atoms with Crippen molar-refractivity contribution in [2.75, 3.05) is 0 Å². The first kappa shape index (κ1) is 10.4. The molecular weight excluding hydrogens is 178 g/mol. The molecule has 1 rings (SSSR count). The zero-order valence-electron chi connectivity index (χ0n) is 7.68. The maximum absolute atomic E-state index is 12.6. The highest BCUT2D eigenvalue weighted by Gasteiger charge is 2.40. The standard InChI is InChI=1S/C8H14F2N2O/c1-4(8(2,9)10)7(13)12-6-3-5(6)11/h4-6H,3,11H2,1-2H3,(H,12,13). The van der Waals surface area contributed by atoms with Crippen LogP contribution < -0.4 is 11.1 Å². The Morgan fingerprint density at radius 3 is 2.46 bits per heavy atom. The molecule has 3 unspecified atom stereocenters. The van der Waals surface area contributed by atoms with Crippen molar-refractivity contribution >= 4 is 5.91 Å². The molecule has 5 heteroatoms. The minimum atomic E-state index is -2.97. The topological polar surface area (TPSA) is 55.1 Å². The van der Waals surface area contributed by atoms with E-state index in [9.17, 15) is 13.6 Å². The maximum atomic E-state index is 12.6. The summed E-state index contributed by atoms with van der Waals surface area (Å²) in [6.45, 7) is 1.95. The fourth-order valence-corrected chi connectivity index (χ4v) is 0.919. The number of alkyl halides is 2. The SMILES string of the molecule is CC(C(=O)NC1CC1N)C(C)(F)F. The number of nitrogens with two attached hydrogens (primary N) is 1. The molecule has 1 saturated carbocycles. The first-order valence-electron chi connectivity index (χ1n) is 4.26. The van der Waals surface area contributed by atoms with E-state index < -0.39 is 17.7 Å². The van der Waals surface area contributed by atoms with E-state index in [0.717, 1.165) is 6.92 Å². The van der Waals surface area contributed by atoms with Gasteiger partial charge in [0.05, 0.1) is 5.92 Å². The average molecular weight is 192 g/mol. The van der Waals surface area contributed by atoms with E-state index in [4.69, 9.17) is 5.73 Å². The van der Waals surface area contributed by atoms with Gasteiger partial charge in [0.2, 0.25) is 5.91 Å². The minimum absolute atomic E-state index is 0.0540. The molecule has 0 saturated heterocycles. The molecule has 1 fully saturated rings. The summed E-state index contributed by atoms with van der Waals surface area (Å²) in [6.07, 6.45) is 0.688. The van der Waals surface area contributed by atoms with Crippen molar-refractivity contribution in [3.63, 3.8) is 0 Å². The van der Waals surface area contributed by atoms with Crippen molar-refractivity contribution in [1.82, 2.24) is 5.32 Å². The normalized spacial score (nSPS) is 29.6. The molecule has 0 aliphatic heterocycles. The highest BCUT2D eigenvalue weighted by Crippen LogP contribution is 2.25. The van der Waals surface area contributed by atoms with Crippen molar-refractivity contribution in [2.45, 2.75) is 38.3 Å². The highest BCUT2D eigenvalue weighted by molar-refractivity contribution is 5.80. The Kier molecular flexibility index (Phi) is 2.56. The van der Waals surface area contributed by atoms with Crippen LogP contribution in [0.3, 0.4) is 0 Å². The number of carbonyl (C=O) groups is 1. The fraction of sp³-hybridized carbons (Fsp3) is 0.875. The largest absolute Gasteiger partial charge is 0.351 e. The van der Waals surface area contributed by atoms with Crippen LogP contribution in [0.4, 0.5) is 8.78 Å². The molecule has 0 aromatic heterocycles. The van der Waals surface area contributed by atoms with Gasteiger partial charge in [-0.1, -0.05) is 0 Å². The van der Waals surface area contributed by atoms with Gasteiger partial charge in [-0.25, -0.2) is 8.78 Å². The van der Waals surface area contributed by atoms with Crippen molar-refractivity contribution in [3.8, 4) is 0 Å². The summed E-state index contributed by atoms with van der Waals surface area (Å²) < 4.78 is 25.3. The van der Waals surface area contributed by atoms with Crippen molar-refractivity contribution in [1.29, 1.82) is 0 Å². The Morgan fingerprint density at radius 1 is 1.69 bits per heavy atom. The summed E-state index contributed by atoms with van der Waals surface area (Å²) in [5.41, 5.74) is 5.42. The molecule has 0 aromatic carbocycles. The Balaban J connectivity index is 2.39. The van der Waals surface area contributed by atoms with Gasteiger partial charge in [-0.15, -0.1) is 0 Å². The van der Waals surface area contributed by atoms with Gasteiger partial charge in [0.15, 0.2) is 0 Å². The third kappa shape index (κ3) is 2.62. The Labute approximate surface area is 75.7 Å². The van der Waals surface area contributed by atoms with E-state index >= 15 is 0 Å². The lowest BCUT2D eigenvalue weighted by atomic mass is 10.0. The molecule has 0 heterocycles. The smallest absolute Gasteiger partial charge is 0.256 e. The number of amides is 1. The second kappa shape index (κ2) is 3.21. The minimum Gasteiger partial charge on any atom is -0.351 e. The second-order valence-electron chi connectivity index (χ2n) is 3.69. The van der Waals surface area contributed by atoms with E-state index in [1.54, 1.807) is 0 Å². The first-order valence-corrected chi connectivity index (χ1v) is 4.26. The Bertz CT molecular complexity index is 215. The number of hydrogen-bond donors (Lipinski definition) is 2. The quantitative estimate of drug-likeness (QED) is 0.684. The van der Waals surface area contributed by atoms with Crippen LogP contribution >= 0.6 is 0 Å². The number of nitrogens with one attached hydrogen (secondary N) is 1. The third-order valence-electron chi connectivity index (χ3n) is 2.32. The molecule has 0 aromatic rings. The molecule has 0 radical (unpaired) electrons. The number of hydrogen-bond acceptors (Lipinski definition) is 2. The van der Waals surface area contributed by atoms with Crippen LogP contribution in [-0.4, -0.2) is 23.9 Å². The summed E-state index contributed by atoms with van der Waals surface area (Å²) in [7, 11) is 0. The zero-order chi connectivity index (χ0) is 10.2. The monoisotopic (exact) mass is 192 g/mol. The average Bonchev–Trinajstić information content (AvgIpc) is 2.63. The van der Waals surface area contributed by atoms with Crippen LogP contribution in [0.1, 0.15) is 20.3 Å². The van der Waals surface area contributed by atoms with Crippen LogP contribution in [0.2, 0.25) is 0 Å². The molecule has 3 nitrogen and oxygen atoms in total. The predicted octanol–water partition coefficient (Wildman–Crippen LogP) is 0.493. The van der Waals surface area contributed by atoms with Gasteiger partial charge >= 0.3 is 0 Å². The predicted molar refractivity (Wildman–Crippen MR) is 44.3 cm³/mol. The molecular formula is C8H14F2N2O. The van der Waals surface area contributed by atoms with Crippen LogP contribution in [0.15, 0.2) is 0 Å². The van der Waals surface area contributed by atoms with Gasteiger partial charge in [-0.05, 0) is 13.3 Å². The number of rotatable bonds is 3. The van der Waals surface area contributed by atoms with Gasteiger partial charge in [0.1, 0.15) is 0 Å². The first-order chi connectivity index (χ1) is 5.82. The van der Waals surface area contributed by atoms with Gasteiger partial charge in [-0.2, -0.15) is 0 Å². The number of carbonyl (C=O) groups excluding carboxylic acids is 1. The van der Waals surface area contributed by atoms with Gasteiger partial charge in [-0.3, -0.25) is 4.79 Å². The molecule has 0 bridgehead atoms. The highest BCUT2D eigenvalue weighted by atomic mass is 19.3. The van der Waals surface area contributed by atoms with Gasteiger partial charge in [0, 0.05) is 19.0 Å². The molecule has 0 spiro atoms. The van der Waals surface area contributed by atoms with E-state index in [0.29, 0.717) is 6.42 Å². The summed E-state index contributed by atoms with van der Waals surface area (Å²) in [5, 5.41) is 2.47. The lowest BCUT2D eigenvalue weighted by molar-refractivity contribution is -0.136. The van der Waals surface area contributed by atoms with Crippen LogP contribution in [0.5, 0.6) is 0 Å². The van der Waals surface area contributed by atoms with Crippen molar-refractivity contribution in [3.05, 3.63) is 0 Å². The summed E-state index contributed by atoms with van der Waals surface area (Å²) in [4.78, 5) is 11.1. The Hall–Kier alpha value is -0.710. The second-order valence-corrected chi connectivity index (χ2v) is 3.69. The van der Waals surface area contributed by atoms with E-state index in [-0.39, 0.29) is 12.1 Å². The maximum Gasteiger partial charge on any atom is 0.256 e. The molecule has 3 atom stereocenters. The van der Waals surface area contributed by atoms with Gasteiger partial charge in [0.25, 0.3) is 5.92 Å². The molecule has 1 amide bonds. The van der Waals surface area contributed by atoms with E-state index in [2.05, 4.69) is 5.32 Å². The molecule has 3 N–H and O–H groups in total. The number of halogens is 2. The molecule has 13 heavy (non-hydrogen) atoms. The lowest BCUT2D eigenvalue weighted by Crippen LogP contribution is -2.40. The van der Waals surface area contributed by atoms with Crippen molar-refractivity contribution < 1.29 is 13.6 Å². The summed E-state index contributed by atoms with van der Waals surface area (Å²) in [5.74, 6) is -4.88. The van der Waals surface area contributed by atoms with Gasteiger partial charge < -0.3 is 11.1 Å². The zero-order valence-corrected chi connectivity index (χ0v) is 7.68. The van der Waals surface area contributed by atoms with Crippen LogP contribution in [-0.2, 0) is 4.79 Å². The summed E-state index contributed by atoms with van der Waals surface area (Å²) >= 11 is 0. The lowest BCUT2D eigenvalue weighted by Gasteiger charge is -2.18. The Morgan fingerprint density at radius 2 is 2.15 bits per heavy atom. The van der Waals surface area contributed by atoms with Crippen LogP contribution in [0.25, 0.3) is 0 Å². The molecule has 1 aliphatic rings. The van der Waals surface area contributed by atoms with E-state index in [1.165, 1.54) is 6.92 Å². The van der Waals surface area contributed by atoms with Crippen LogP contribution in [0, 0.1) is 5.92 Å². The summed E-state index contributed by atoms with van der Waals surface area (Å²) in [6, 6.07) is -0.154. The third-order valence-corrected chi connectivity index (χ3v) is 2.32. The molecule has 1 aliphatic carbocycles. The van der Waals surface area contributed by atoms with E-state index in [1.807, 2.05) is 0 Å².